The average Bonchev–Trinajstić information content (AvgIpc) is 2.93. The van der Waals surface area contributed by atoms with Crippen molar-refractivity contribution in [2.45, 2.75) is 38.5 Å². The molecule has 2 heterocycles. The summed E-state index contributed by atoms with van der Waals surface area (Å²) in [6.45, 7) is 5.59. The lowest BCUT2D eigenvalue weighted by Gasteiger charge is -2.50. The minimum Gasteiger partial charge on any atom is -0.494 e. The molecule has 1 fully saturated rings. The molecule has 0 radical (unpaired) electrons. The maximum Gasteiger partial charge on any atom is 0.355 e. The topological polar surface area (TPSA) is 137 Å². The number of carbonyl (C=O) groups excluding carboxylic acids is 3. The molecule has 2 aliphatic heterocycles. The molecule has 0 spiro atoms. The molecular weight excluding hydrogens is 494 g/mol. The largest absolute Gasteiger partial charge is 0.494 e. The summed E-state index contributed by atoms with van der Waals surface area (Å²) in [7, 11) is 0. The SMILES string of the molecule is C=C(OCC)C1=C(C(=O)OCc2ccc([N+](=O)[O-])cc2)N2C(=O)[C@@H](NC(=O)COc3ccccc3)[C@H]2CC1. The Morgan fingerprint density at radius 2 is 1.84 bits per heavy atom. The van der Waals surface area contributed by atoms with Crippen LogP contribution in [0.2, 0.25) is 0 Å². The third kappa shape index (κ3) is 5.66. The van der Waals surface area contributed by atoms with Gasteiger partial charge in [-0.15, -0.1) is 0 Å². The highest BCUT2D eigenvalue weighted by Crippen LogP contribution is 2.39. The van der Waals surface area contributed by atoms with Gasteiger partial charge in [-0.25, -0.2) is 4.79 Å². The molecule has 0 unspecified atom stereocenters. The minimum atomic E-state index is -0.804. The Kier molecular flexibility index (Phi) is 8.05. The molecule has 0 aromatic heterocycles. The lowest BCUT2D eigenvalue weighted by Crippen LogP contribution is -2.72. The van der Waals surface area contributed by atoms with E-state index in [1.54, 1.807) is 31.2 Å². The van der Waals surface area contributed by atoms with E-state index >= 15 is 0 Å². The van der Waals surface area contributed by atoms with Crippen LogP contribution in [0.4, 0.5) is 5.69 Å². The van der Waals surface area contributed by atoms with Gasteiger partial charge < -0.3 is 19.5 Å². The van der Waals surface area contributed by atoms with Crippen molar-refractivity contribution < 1.29 is 33.5 Å². The highest BCUT2D eigenvalue weighted by atomic mass is 16.6. The number of nitrogens with zero attached hydrogens (tertiary/aromatic N) is 2. The number of β-lactam (4-membered cyclic amide) rings is 1. The Hall–Kier alpha value is -4.67. The maximum atomic E-state index is 13.2. The molecule has 198 valence electrons. The van der Waals surface area contributed by atoms with E-state index in [9.17, 15) is 24.5 Å². The third-order valence-electron chi connectivity index (χ3n) is 6.23. The average molecular weight is 522 g/mol. The quantitative estimate of drug-likeness (QED) is 0.157. The van der Waals surface area contributed by atoms with Crippen molar-refractivity contribution in [3.05, 3.63) is 93.9 Å². The number of nitrogens with one attached hydrogen (secondary N) is 1. The number of allylic oxidation sites excluding steroid dienone is 1. The number of amides is 2. The number of hydrogen-bond donors (Lipinski definition) is 1. The van der Waals surface area contributed by atoms with Crippen LogP contribution < -0.4 is 10.1 Å². The molecule has 2 aliphatic rings. The molecule has 11 nitrogen and oxygen atoms in total. The van der Waals surface area contributed by atoms with Crippen molar-refractivity contribution in [1.29, 1.82) is 0 Å². The van der Waals surface area contributed by atoms with Crippen LogP contribution in [0.3, 0.4) is 0 Å². The fraction of sp³-hybridized carbons (Fsp3) is 0.296. The summed E-state index contributed by atoms with van der Waals surface area (Å²) in [5, 5.41) is 13.6. The molecule has 2 aromatic rings. The summed E-state index contributed by atoms with van der Waals surface area (Å²) >= 11 is 0. The molecule has 1 saturated heterocycles. The Balaban J connectivity index is 1.45. The number of nitro benzene ring substituents is 1. The van der Waals surface area contributed by atoms with Crippen LogP contribution in [0, 0.1) is 10.1 Å². The van der Waals surface area contributed by atoms with Crippen molar-refractivity contribution in [1.82, 2.24) is 10.2 Å². The molecule has 2 aromatic carbocycles. The standard InChI is InChI=1S/C27H27N3O8/c1-3-36-17(2)21-13-14-22-24(28-23(31)16-37-20-7-5-4-6-8-20)26(32)29(22)25(21)27(33)38-15-18-9-11-19(12-10-18)30(34)35/h4-12,22,24H,2-3,13-16H2,1H3,(H,28,31)/t22-,24+/m1/s1. The molecule has 1 N–H and O–H groups in total. The highest BCUT2D eigenvalue weighted by Gasteiger charge is 2.54. The number of carbonyl (C=O) groups is 3. The van der Waals surface area contributed by atoms with E-state index in [2.05, 4.69) is 11.9 Å². The van der Waals surface area contributed by atoms with Crippen LogP contribution in [0.1, 0.15) is 25.3 Å². The first-order chi connectivity index (χ1) is 18.3. The smallest absolute Gasteiger partial charge is 0.355 e. The maximum absolute atomic E-state index is 13.2. The summed E-state index contributed by atoms with van der Waals surface area (Å²) in [6, 6.07) is 13.2. The Morgan fingerprint density at radius 3 is 2.50 bits per heavy atom. The van der Waals surface area contributed by atoms with Crippen LogP contribution in [0.5, 0.6) is 5.75 Å². The molecule has 0 saturated carbocycles. The fourth-order valence-corrected chi connectivity index (χ4v) is 4.40. The second-order valence-electron chi connectivity index (χ2n) is 8.64. The van der Waals surface area contributed by atoms with Crippen LogP contribution in [0.25, 0.3) is 0 Å². The monoisotopic (exact) mass is 521 g/mol. The molecule has 0 aliphatic carbocycles. The van der Waals surface area contributed by atoms with Crippen LogP contribution in [-0.4, -0.2) is 52.9 Å². The molecular formula is C27H27N3O8. The van der Waals surface area contributed by atoms with Crippen molar-refractivity contribution in [3.63, 3.8) is 0 Å². The van der Waals surface area contributed by atoms with E-state index < -0.39 is 34.8 Å². The van der Waals surface area contributed by atoms with Gasteiger partial charge >= 0.3 is 5.97 Å². The van der Waals surface area contributed by atoms with Gasteiger partial charge in [0, 0.05) is 17.7 Å². The predicted octanol–water partition coefficient (Wildman–Crippen LogP) is 3.01. The van der Waals surface area contributed by atoms with Crippen molar-refractivity contribution in [3.8, 4) is 5.75 Å². The van der Waals surface area contributed by atoms with Gasteiger partial charge in [0.2, 0.25) is 0 Å². The summed E-state index contributed by atoms with van der Waals surface area (Å²) in [5.41, 5.74) is 0.946. The Morgan fingerprint density at radius 1 is 1.13 bits per heavy atom. The number of nitro groups is 1. The third-order valence-corrected chi connectivity index (χ3v) is 6.23. The predicted molar refractivity (Wildman–Crippen MR) is 134 cm³/mol. The number of benzene rings is 2. The molecule has 2 atom stereocenters. The van der Waals surface area contributed by atoms with Crippen LogP contribution in [0.15, 0.2) is 78.2 Å². The molecule has 4 rings (SSSR count). The molecule has 2 amide bonds. The summed E-state index contributed by atoms with van der Waals surface area (Å²) < 4.78 is 16.4. The van der Waals surface area contributed by atoms with Crippen LogP contribution >= 0.6 is 0 Å². The van der Waals surface area contributed by atoms with Gasteiger partial charge in [-0.05, 0) is 49.6 Å². The van der Waals surface area contributed by atoms with Crippen molar-refractivity contribution >= 4 is 23.5 Å². The molecule has 38 heavy (non-hydrogen) atoms. The Labute approximate surface area is 218 Å². The number of fused-ring (bicyclic) bond motifs is 1. The first kappa shape index (κ1) is 26.4. The van der Waals surface area contributed by atoms with Gasteiger partial charge in [0.05, 0.1) is 17.6 Å². The van der Waals surface area contributed by atoms with Crippen molar-refractivity contribution in [2.75, 3.05) is 13.2 Å². The van der Waals surface area contributed by atoms with E-state index in [-0.39, 0.29) is 30.4 Å². The number of esters is 1. The first-order valence-corrected chi connectivity index (χ1v) is 12.1. The van der Waals surface area contributed by atoms with Gasteiger partial charge in [-0.3, -0.25) is 24.6 Å². The van der Waals surface area contributed by atoms with E-state index in [4.69, 9.17) is 14.2 Å². The zero-order chi connectivity index (χ0) is 27.2. The van der Waals surface area contributed by atoms with Gasteiger partial charge in [-0.1, -0.05) is 24.8 Å². The second-order valence-corrected chi connectivity index (χ2v) is 8.64. The number of non-ortho nitro benzene ring substituents is 1. The highest BCUT2D eigenvalue weighted by molar-refractivity contribution is 6.02. The first-order valence-electron chi connectivity index (χ1n) is 12.1. The normalized spacial score (nSPS) is 18.1. The van der Waals surface area contributed by atoms with Gasteiger partial charge in [0.15, 0.2) is 6.61 Å². The van der Waals surface area contributed by atoms with Gasteiger partial charge in [0.25, 0.3) is 17.5 Å². The molecule has 0 bridgehead atoms. The number of rotatable bonds is 11. The summed E-state index contributed by atoms with van der Waals surface area (Å²) in [4.78, 5) is 50.4. The summed E-state index contributed by atoms with van der Waals surface area (Å²) in [5.74, 6) is -0.865. The van der Waals surface area contributed by atoms with Gasteiger partial charge in [-0.2, -0.15) is 0 Å². The summed E-state index contributed by atoms with van der Waals surface area (Å²) in [6.07, 6.45) is 0.874. The van der Waals surface area contributed by atoms with E-state index in [0.717, 1.165) is 0 Å². The van der Waals surface area contributed by atoms with E-state index in [1.165, 1.54) is 29.2 Å². The lowest BCUT2D eigenvalue weighted by molar-refractivity contribution is -0.384. The molecule has 11 heteroatoms. The van der Waals surface area contributed by atoms with Gasteiger partial charge in [0.1, 0.15) is 29.9 Å². The van der Waals surface area contributed by atoms with E-state index in [1.807, 2.05) is 6.07 Å². The number of ether oxygens (including phenoxy) is 3. The second kappa shape index (κ2) is 11.6. The fourth-order valence-electron chi connectivity index (χ4n) is 4.40. The number of hydrogen-bond acceptors (Lipinski definition) is 8. The lowest BCUT2D eigenvalue weighted by atomic mass is 9.83. The van der Waals surface area contributed by atoms with E-state index in [0.29, 0.717) is 36.3 Å². The number of para-hydroxylation sites is 1. The Bertz CT molecular complexity index is 1270. The zero-order valence-corrected chi connectivity index (χ0v) is 20.8. The zero-order valence-electron chi connectivity index (χ0n) is 20.8. The van der Waals surface area contributed by atoms with Crippen LogP contribution in [-0.2, 0) is 30.5 Å². The van der Waals surface area contributed by atoms with Crippen molar-refractivity contribution in [2.24, 2.45) is 0 Å². The minimum absolute atomic E-state index is 0.0256.